The molecule has 1 nitrogen and oxygen atoms in total. The lowest BCUT2D eigenvalue weighted by Gasteiger charge is -2.11. The highest BCUT2D eigenvalue weighted by Crippen LogP contribution is 2.26. The molecule has 0 saturated carbocycles. The average Bonchev–Trinajstić information content (AvgIpc) is 2.59. The van der Waals surface area contributed by atoms with Gasteiger partial charge in [-0.05, 0) is 43.8 Å². The maximum atomic E-state index is 3.20. The molecule has 0 amide bonds. The number of nitrogens with one attached hydrogen (secondary N) is 1. The van der Waals surface area contributed by atoms with E-state index in [0.29, 0.717) is 0 Å². The maximum Gasteiger partial charge on any atom is 0.00765 e. The second-order valence-electron chi connectivity index (χ2n) is 3.01. The number of hydrogen-bond acceptors (Lipinski definition) is 2. The molecule has 1 atom stereocenters. The Balaban J connectivity index is 2.45. The van der Waals surface area contributed by atoms with E-state index in [1.807, 2.05) is 18.4 Å². The van der Waals surface area contributed by atoms with Gasteiger partial charge in [-0.2, -0.15) is 0 Å². The van der Waals surface area contributed by atoms with Crippen LogP contribution in [0.2, 0.25) is 0 Å². The highest BCUT2D eigenvalue weighted by molar-refractivity contribution is 7.10. The van der Waals surface area contributed by atoms with E-state index < -0.39 is 0 Å². The van der Waals surface area contributed by atoms with Crippen molar-refractivity contribution in [1.29, 1.82) is 0 Å². The standard InChI is InChI=1S/C10H17NS/c1-3-9(6-7-11-2)10-5-4-8-12-10/h4-5,8-9,11H,3,6-7H2,1-2H3. The molecule has 68 valence electrons. The molecule has 0 fully saturated rings. The molecule has 0 spiro atoms. The topological polar surface area (TPSA) is 12.0 Å². The number of hydrogen-bond donors (Lipinski definition) is 1. The fraction of sp³-hybridized carbons (Fsp3) is 0.600. The first-order valence-electron chi connectivity index (χ1n) is 4.56. The van der Waals surface area contributed by atoms with Gasteiger partial charge in [0.2, 0.25) is 0 Å². The molecule has 1 N–H and O–H groups in total. The van der Waals surface area contributed by atoms with Crippen LogP contribution in [0.25, 0.3) is 0 Å². The predicted octanol–water partition coefficient (Wildman–Crippen LogP) is 2.85. The zero-order valence-corrected chi connectivity index (χ0v) is 8.66. The third-order valence-corrected chi connectivity index (χ3v) is 3.22. The van der Waals surface area contributed by atoms with Gasteiger partial charge in [0, 0.05) is 4.88 Å². The Bertz CT molecular complexity index is 194. The summed E-state index contributed by atoms with van der Waals surface area (Å²) in [4.78, 5) is 1.53. The Labute approximate surface area is 78.8 Å². The van der Waals surface area contributed by atoms with Gasteiger partial charge in [-0.3, -0.25) is 0 Å². The Kier molecular flexibility index (Phi) is 4.33. The molecule has 2 heteroatoms. The van der Waals surface area contributed by atoms with Crippen molar-refractivity contribution in [2.75, 3.05) is 13.6 Å². The van der Waals surface area contributed by atoms with Gasteiger partial charge in [-0.25, -0.2) is 0 Å². The van der Waals surface area contributed by atoms with Crippen molar-refractivity contribution in [2.45, 2.75) is 25.7 Å². The highest BCUT2D eigenvalue weighted by Gasteiger charge is 2.08. The molecule has 12 heavy (non-hydrogen) atoms. The molecule has 0 saturated heterocycles. The second-order valence-corrected chi connectivity index (χ2v) is 3.99. The normalized spacial score (nSPS) is 13.2. The fourth-order valence-corrected chi connectivity index (χ4v) is 2.34. The van der Waals surface area contributed by atoms with Crippen LogP contribution in [0.15, 0.2) is 17.5 Å². The summed E-state index contributed by atoms with van der Waals surface area (Å²) in [5.41, 5.74) is 0. The van der Waals surface area contributed by atoms with Crippen molar-refractivity contribution < 1.29 is 0 Å². The first kappa shape index (κ1) is 9.75. The summed E-state index contributed by atoms with van der Waals surface area (Å²) in [6, 6.07) is 4.39. The first-order valence-corrected chi connectivity index (χ1v) is 5.44. The van der Waals surface area contributed by atoms with Crippen molar-refractivity contribution in [1.82, 2.24) is 5.32 Å². The van der Waals surface area contributed by atoms with E-state index in [1.54, 1.807) is 0 Å². The molecular formula is C10H17NS. The highest BCUT2D eigenvalue weighted by atomic mass is 32.1. The Morgan fingerprint density at radius 1 is 1.58 bits per heavy atom. The minimum Gasteiger partial charge on any atom is -0.320 e. The third-order valence-electron chi connectivity index (χ3n) is 2.18. The monoisotopic (exact) mass is 183 g/mol. The van der Waals surface area contributed by atoms with Crippen LogP contribution < -0.4 is 5.32 Å². The van der Waals surface area contributed by atoms with Crippen LogP contribution in [0, 0.1) is 0 Å². The third kappa shape index (κ3) is 2.61. The van der Waals surface area contributed by atoms with Gasteiger partial charge < -0.3 is 5.32 Å². The van der Waals surface area contributed by atoms with Gasteiger partial charge in [0.25, 0.3) is 0 Å². The lowest BCUT2D eigenvalue weighted by atomic mass is 10.0. The van der Waals surface area contributed by atoms with Crippen LogP contribution in [0.5, 0.6) is 0 Å². The molecule has 0 aliphatic rings. The van der Waals surface area contributed by atoms with Gasteiger partial charge in [0.15, 0.2) is 0 Å². The zero-order chi connectivity index (χ0) is 8.81. The quantitative estimate of drug-likeness (QED) is 0.740. The van der Waals surface area contributed by atoms with Gasteiger partial charge in [-0.15, -0.1) is 11.3 Å². The van der Waals surface area contributed by atoms with Crippen molar-refractivity contribution in [2.24, 2.45) is 0 Å². The fourth-order valence-electron chi connectivity index (χ4n) is 1.39. The van der Waals surface area contributed by atoms with Crippen LogP contribution in [-0.2, 0) is 0 Å². The lowest BCUT2D eigenvalue weighted by Crippen LogP contribution is -2.11. The summed E-state index contributed by atoms with van der Waals surface area (Å²) >= 11 is 1.88. The minimum atomic E-state index is 0.762. The molecule has 1 aromatic heterocycles. The molecule has 0 radical (unpaired) electrons. The van der Waals surface area contributed by atoms with E-state index in [2.05, 4.69) is 29.8 Å². The molecule has 0 bridgehead atoms. The maximum absolute atomic E-state index is 3.20. The summed E-state index contributed by atoms with van der Waals surface area (Å²) in [5.74, 6) is 0.762. The van der Waals surface area contributed by atoms with Crippen molar-refractivity contribution in [3.63, 3.8) is 0 Å². The van der Waals surface area contributed by atoms with E-state index in [9.17, 15) is 0 Å². The van der Waals surface area contributed by atoms with Crippen molar-refractivity contribution in [3.05, 3.63) is 22.4 Å². The van der Waals surface area contributed by atoms with E-state index in [0.717, 1.165) is 12.5 Å². The van der Waals surface area contributed by atoms with E-state index in [1.165, 1.54) is 17.7 Å². The predicted molar refractivity (Wildman–Crippen MR) is 55.9 cm³/mol. The van der Waals surface area contributed by atoms with Crippen LogP contribution in [0.1, 0.15) is 30.6 Å². The number of rotatable bonds is 5. The molecule has 1 rings (SSSR count). The van der Waals surface area contributed by atoms with Gasteiger partial charge in [-0.1, -0.05) is 13.0 Å². The largest absolute Gasteiger partial charge is 0.320 e. The summed E-state index contributed by atoms with van der Waals surface area (Å²) in [5, 5.41) is 5.36. The Hall–Kier alpha value is -0.340. The zero-order valence-electron chi connectivity index (χ0n) is 7.84. The Morgan fingerprint density at radius 2 is 2.42 bits per heavy atom. The molecule has 1 heterocycles. The van der Waals surface area contributed by atoms with E-state index >= 15 is 0 Å². The van der Waals surface area contributed by atoms with Gasteiger partial charge in [0.05, 0.1) is 0 Å². The van der Waals surface area contributed by atoms with Crippen LogP contribution in [0.4, 0.5) is 0 Å². The summed E-state index contributed by atoms with van der Waals surface area (Å²) in [7, 11) is 2.02. The molecule has 1 aromatic rings. The van der Waals surface area contributed by atoms with E-state index in [-0.39, 0.29) is 0 Å². The van der Waals surface area contributed by atoms with Gasteiger partial charge >= 0.3 is 0 Å². The Morgan fingerprint density at radius 3 is 2.92 bits per heavy atom. The molecular weight excluding hydrogens is 166 g/mol. The van der Waals surface area contributed by atoms with Crippen LogP contribution in [-0.4, -0.2) is 13.6 Å². The summed E-state index contributed by atoms with van der Waals surface area (Å²) in [6.07, 6.45) is 2.51. The second kappa shape index (κ2) is 5.33. The summed E-state index contributed by atoms with van der Waals surface area (Å²) < 4.78 is 0. The van der Waals surface area contributed by atoms with Crippen molar-refractivity contribution in [3.8, 4) is 0 Å². The first-order chi connectivity index (χ1) is 5.88. The smallest absolute Gasteiger partial charge is 0.00765 e. The molecule has 0 aliphatic heterocycles. The van der Waals surface area contributed by atoms with Crippen molar-refractivity contribution >= 4 is 11.3 Å². The minimum absolute atomic E-state index is 0.762. The molecule has 1 unspecified atom stereocenters. The number of thiophene rings is 1. The average molecular weight is 183 g/mol. The van der Waals surface area contributed by atoms with E-state index in [4.69, 9.17) is 0 Å². The van der Waals surface area contributed by atoms with Gasteiger partial charge in [0.1, 0.15) is 0 Å². The molecule has 0 aromatic carbocycles. The SMILES string of the molecule is CCC(CCNC)c1cccs1. The van der Waals surface area contributed by atoms with Crippen LogP contribution >= 0.6 is 11.3 Å². The molecule has 0 aliphatic carbocycles. The summed E-state index contributed by atoms with van der Waals surface area (Å²) in [6.45, 7) is 3.39. The van der Waals surface area contributed by atoms with Crippen LogP contribution in [0.3, 0.4) is 0 Å². The lowest BCUT2D eigenvalue weighted by molar-refractivity contribution is 0.589.